The Bertz CT molecular complexity index is 365. The largest absolute Gasteiger partial charge is 0.482 e. The number of nitrogens with two attached hydrogens (primary N) is 1. The van der Waals surface area contributed by atoms with Gasteiger partial charge in [0.25, 0.3) is 0 Å². The van der Waals surface area contributed by atoms with Gasteiger partial charge in [0.15, 0.2) is 6.61 Å². The highest BCUT2D eigenvalue weighted by Crippen LogP contribution is 2.25. The van der Waals surface area contributed by atoms with Gasteiger partial charge in [-0.05, 0) is 19.4 Å². The van der Waals surface area contributed by atoms with Crippen molar-refractivity contribution < 1.29 is 14.3 Å². The Hall–Kier alpha value is -1.55. The number of hydrogen-bond acceptors (Lipinski definition) is 4. The minimum Gasteiger partial charge on any atom is -0.482 e. The molecule has 1 atom stereocenters. The number of benzene rings is 1. The SMILES string of the molecule is CCOC(=O)COc1ccccc1[C@@H](N)CC. The molecule has 94 valence electrons. The topological polar surface area (TPSA) is 61.5 Å². The summed E-state index contributed by atoms with van der Waals surface area (Å²) in [5, 5.41) is 0. The van der Waals surface area contributed by atoms with Crippen LogP contribution in [0.2, 0.25) is 0 Å². The number of rotatable bonds is 6. The lowest BCUT2D eigenvalue weighted by Crippen LogP contribution is -2.17. The van der Waals surface area contributed by atoms with E-state index in [1.165, 1.54) is 0 Å². The van der Waals surface area contributed by atoms with Crippen molar-refractivity contribution in [2.45, 2.75) is 26.3 Å². The highest BCUT2D eigenvalue weighted by Gasteiger charge is 2.11. The normalized spacial score (nSPS) is 11.9. The lowest BCUT2D eigenvalue weighted by Gasteiger charge is -2.15. The van der Waals surface area contributed by atoms with Crippen LogP contribution >= 0.6 is 0 Å². The zero-order valence-corrected chi connectivity index (χ0v) is 10.3. The van der Waals surface area contributed by atoms with E-state index < -0.39 is 0 Å². The molecule has 0 aromatic heterocycles. The van der Waals surface area contributed by atoms with Crippen molar-refractivity contribution in [3.8, 4) is 5.75 Å². The van der Waals surface area contributed by atoms with Gasteiger partial charge in [0, 0.05) is 11.6 Å². The van der Waals surface area contributed by atoms with Crippen LogP contribution in [-0.4, -0.2) is 19.2 Å². The maximum absolute atomic E-state index is 11.2. The number of hydrogen-bond donors (Lipinski definition) is 1. The lowest BCUT2D eigenvalue weighted by atomic mass is 10.0. The maximum atomic E-state index is 11.2. The molecule has 0 saturated carbocycles. The number of ether oxygens (including phenoxy) is 2. The van der Waals surface area contributed by atoms with Crippen molar-refractivity contribution in [1.29, 1.82) is 0 Å². The summed E-state index contributed by atoms with van der Waals surface area (Å²) < 4.78 is 10.2. The Morgan fingerprint density at radius 2 is 2.06 bits per heavy atom. The highest BCUT2D eigenvalue weighted by molar-refractivity contribution is 5.71. The van der Waals surface area contributed by atoms with Crippen molar-refractivity contribution in [1.82, 2.24) is 0 Å². The van der Waals surface area contributed by atoms with Crippen LogP contribution in [0.5, 0.6) is 5.75 Å². The van der Waals surface area contributed by atoms with Gasteiger partial charge in [0.05, 0.1) is 6.61 Å². The zero-order valence-electron chi connectivity index (χ0n) is 10.3. The predicted octanol–water partition coefficient (Wildman–Crippen LogP) is 2.04. The van der Waals surface area contributed by atoms with Crippen LogP contribution in [0.15, 0.2) is 24.3 Å². The van der Waals surface area contributed by atoms with Crippen LogP contribution in [0, 0.1) is 0 Å². The monoisotopic (exact) mass is 237 g/mol. The molecule has 0 amide bonds. The minimum absolute atomic E-state index is 0.0756. The second kappa shape index (κ2) is 6.91. The average Bonchev–Trinajstić information content (AvgIpc) is 2.36. The molecule has 0 unspecified atom stereocenters. The number of carbonyl (C=O) groups excluding carboxylic acids is 1. The first-order valence-electron chi connectivity index (χ1n) is 5.82. The third-order valence-electron chi connectivity index (χ3n) is 2.41. The fourth-order valence-corrected chi connectivity index (χ4v) is 1.48. The molecule has 17 heavy (non-hydrogen) atoms. The van der Waals surface area contributed by atoms with E-state index >= 15 is 0 Å². The Morgan fingerprint density at radius 1 is 1.35 bits per heavy atom. The molecule has 0 aliphatic heterocycles. The van der Waals surface area contributed by atoms with Gasteiger partial charge >= 0.3 is 5.97 Å². The zero-order chi connectivity index (χ0) is 12.7. The van der Waals surface area contributed by atoms with E-state index in [-0.39, 0.29) is 18.6 Å². The van der Waals surface area contributed by atoms with Gasteiger partial charge in [-0.2, -0.15) is 0 Å². The second-order valence-corrected chi connectivity index (χ2v) is 3.65. The molecule has 1 rings (SSSR count). The highest BCUT2D eigenvalue weighted by atomic mass is 16.6. The van der Waals surface area contributed by atoms with Gasteiger partial charge in [0.2, 0.25) is 0 Å². The molecule has 4 nitrogen and oxygen atoms in total. The van der Waals surface area contributed by atoms with Crippen molar-refractivity contribution in [3.63, 3.8) is 0 Å². The molecule has 0 aliphatic rings. The van der Waals surface area contributed by atoms with E-state index in [1.54, 1.807) is 6.92 Å². The average molecular weight is 237 g/mol. The Kier molecular flexibility index (Phi) is 5.49. The van der Waals surface area contributed by atoms with Crippen LogP contribution < -0.4 is 10.5 Å². The van der Waals surface area contributed by atoms with E-state index in [0.29, 0.717) is 12.4 Å². The van der Waals surface area contributed by atoms with Gasteiger partial charge in [-0.1, -0.05) is 25.1 Å². The molecular weight excluding hydrogens is 218 g/mol. The third kappa shape index (κ3) is 4.07. The summed E-state index contributed by atoms with van der Waals surface area (Å²) in [6.45, 7) is 4.05. The summed E-state index contributed by atoms with van der Waals surface area (Å²) in [4.78, 5) is 11.2. The Balaban J connectivity index is 2.67. The predicted molar refractivity (Wildman–Crippen MR) is 65.8 cm³/mol. The van der Waals surface area contributed by atoms with E-state index in [1.807, 2.05) is 31.2 Å². The molecule has 1 aromatic carbocycles. The molecule has 0 radical (unpaired) electrons. The molecular formula is C13H19NO3. The fourth-order valence-electron chi connectivity index (χ4n) is 1.48. The van der Waals surface area contributed by atoms with Crippen LogP contribution in [0.3, 0.4) is 0 Å². The van der Waals surface area contributed by atoms with E-state index in [4.69, 9.17) is 15.2 Å². The van der Waals surface area contributed by atoms with Crippen molar-refractivity contribution in [3.05, 3.63) is 29.8 Å². The van der Waals surface area contributed by atoms with Crippen LogP contribution in [0.25, 0.3) is 0 Å². The summed E-state index contributed by atoms with van der Waals surface area (Å²) in [7, 11) is 0. The third-order valence-corrected chi connectivity index (χ3v) is 2.41. The molecule has 2 N–H and O–H groups in total. The Morgan fingerprint density at radius 3 is 2.71 bits per heavy atom. The molecule has 0 spiro atoms. The molecule has 1 aromatic rings. The van der Waals surface area contributed by atoms with Crippen LogP contribution in [0.4, 0.5) is 0 Å². The summed E-state index contributed by atoms with van der Waals surface area (Å²) >= 11 is 0. The quantitative estimate of drug-likeness (QED) is 0.769. The van der Waals surface area contributed by atoms with Crippen molar-refractivity contribution >= 4 is 5.97 Å². The number of carbonyl (C=O) groups is 1. The number of para-hydroxylation sites is 1. The fraction of sp³-hybridized carbons (Fsp3) is 0.462. The maximum Gasteiger partial charge on any atom is 0.344 e. The summed E-state index contributed by atoms with van der Waals surface area (Å²) in [6.07, 6.45) is 0.819. The smallest absolute Gasteiger partial charge is 0.344 e. The second-order valence-electron chi connectivity index (χ2n) is 3.65. The summed E-state index contributed by atoms with van der Waals surface area (Å²) in [5.74, 6) is 0.280. The minimum atomic E-state index is -0.368. The first kappa shape index (κ1) is 13.5. The summed E-state index contributed by atoms with van der Waals surface area (Å²) in [6, 6.07) is 7.40. The Labute approximate surface area is 102 Å². The first-order chi connectivity index (χ1) is 8.19. The van der Waals surface area contributed by atoms with Crippen LogP contribution in [0.1, 0.15) is 31.9 Å². The van der Waals surface area contributed by atoms with E-state index in [9.17, 15) is 4.79 Å². The van der Waals surface area contributed by atoms with Gasteiger partial charge in [-0.3, -0.25) is 0 Å². The van der Waals surface area contributed by atoms with E-state index in [0.717, 1.165) is 12.0 Å². The standard InChI is InChI=1S/C13H19NO3/c1-3-11(14)10-7-5-6-8-12(10)17-9-13(15)16-4-2/h5-8,11H,3-4,9,14H2,1-2H3/t11-/m0/s1. The van der Waals surface area contributed by atoms with Gasteiger partial charge in [-0.25, -0.2) is 4.79 Å². The van der Waals surface area contributed by atoms with Gasteiger partial charge in [-0.15, -0.1) is 0 Å². The summed E-state index contributed by atoms with van der Waals surface area (Å²) in [5.41, 5.74) is 6.88. The van der Waals surface area contributed by atoms with Gasteiger partial charge < -0.3 is 15.2 Å². The van der Waals surface area contributed by atoms with Crippen LogP contribution in [-0.2, 0) is 9.53 Å². The van der Waals surface area contributed by atoms with Crippen molar-refractivity contribution in [2.24, 2.45) is 5.73 Å². The molecule has 0 heterocycles. The van der Waals surface area contributed by atoms with Crippen molar-refractivity contribution in [2.75, 3.05) is 13.2 Å². The molecule has 0 saturated heterocycles. The molecule has 0 aliphatic carbocycles. The van der Waals surface area contributed by atoms with E-state index in [2.05, 4.69) is 0 Å². The lowest BCUT2D eigenvalue weighted by molar-refractivity contribution is -0.145. The number of esters is 1. The molecule has 4 heteroatoms. The molecule has 0 bridgehead atoms. The first-order valence-corrected chi connectivity index (χ1v) is 5.82. The van der Waals surface area contributed by atoms with Gasteiger partial charge in [0.1, 0.15) is 5.75 Å². The molecule has 0 fully saturated rings.